The molecule has 0 heterocycles. The van der Waals surface area contributed by atoms with Crippen molar-refractivity contribution >= 4 is 19.8 Å². The smallest absolute Gasteiger partial charge is 0.462 e. The van der Waals surface area contributed by atoms with E-state index >= 15 is 0 Å². The summed E-state index contributed by atoms with van der Waals surface area (Å²) in [4.78, 5) is 36.0. The van der Waals surface area contributed by atoms with Gasteiger partial charge in [-0.1, -0.05) is 332 Å². The van der Waals surface area contributed by atoms with E-state index in [9.17, 15) is 19.0 Å². The summed E-state index contributed by atoms with van der Waals surface area (Å²) in [5, 5.41) is 0. The molecule has 0 bridgehead atoms. The second-order valence-electron chi connectivity index (χ2n) is 26.3. The maximum atomic E-state index is 12.9. The molecule has 536 valence electrons. The minimum Gasteiger partial charge on any atom is -0.462 e. The maximum Gasteiger partial charge on any atom is 0.472 e. The van der Waals surface area contributed by atoms with Gasteiger partial charge in [-0.2, -0.15) is 0 Å². The van der Waals surface area contributed by atoms with Crippen LogP contribution in [-0.4, -0.2) is 74.9 Å². The van der Waals surface area contributed by atoms with Crippen molar-refractivity contribution in [2.45, 2.75) is 315 Å². The van der Waals surface area contributed by atoms with E-state index in [0.717, 1.165) is 122 Å². The molecule has 0 saturated carbocycles. The van der Waals surface area contributed by atoms with Crippen molar-refractivity contribution in [3.8, 4) is 0 Å². The predicted octanol–water partition coefficient (Wildman–Crippen LogP) is 25.5. The summed E-state index contributed by atoms with van der Waals surface area (Å²) in [5.41, 5.74) is 0. The molecule has 0 aliphatic heterocycles. The Labute approximate surface area is 579 Å². The van der Waals surface area contributed by atoms with Crippen LogP contribution in [-0.2, 0) is 32.7 Å². The molecule has 9 nitrogen and oxygen atoms in total. The van der Waals surface area contributed by atoms with Gasteiger partial charge in [0.1, 0.15) is 19.8 Å². The van der Waals surface area contributed by atoms with E-state index in [0.29, 0.717) is 17.4 Å². The van der Waals surface area contributed by atoms with Crippen molar-refractivity contribution in [3.05, 3.63) is 158 Å². The zero-order valence-corrected chi connectivity index (χ0v) is 62.0. The number of hydrogen-bond acceptors (Lipinski definition) is 7. The van der Waals surface area contributed by atoms with Crippen molar-refractivity contribution in [1.82, 2.24) is 0 Å². The molecule has 0 amide bonds. The lowest BCUT2D eigenvalue weighted by molar-refractivity contribution is -0.870. The van der Waals surface area contributed by atoms with E-state index < -0.39 is 26.5 Å². The molecule has 0 radical (unpaired) electrons. The van der Waals surface area contributed by atoms with Gasteiger partial charge in [-0.25, -0.2) is 4.57 Å². The minimum atomic E-state index is -4.40. The van der Waals surface area contributed by atoms with Crippen LogP contribution in [0.25, 0.3) is 0 Å². The third-order valence-electron chi connectivity index (χ3n) is 16.1. The average Bonchev–Trinajstić information content (AvgIpc) is 1.56. The average molecular weight is 1330 g/mol. The Bertz CT molecular complexity index is 2150. The molecule has 0 aromatic rings. The zero-order valence-electron chi connectivity index (χ0n) is 61.1. The minimum absolute atomic E-state index is 0.0259. The molecule has 0 aliphatic rings. The van der Waals surface area contributed by atoms with Gasteiger partial charge in [0, 0.05) is 12.8 Å². The molecule has 2 unspecified atom stereocenters. The first-order valence-corrected chi connectivity index (χ1v) is 39.7. The lowest BCUT2D eigenvalue weighted by atomic mass is 10.0. The Balaban J connectivity index is 4.04. The van der Waals surface area contributed by atoms with Gasteiger partial charge >= 0.3 is 19.8 Å². The normalized spacial score (nSPS) is 14.0. The first-order valence-electron chi connectivity index (χ1n) is 38.2. The molecule has 0 aromatic heterocycles. The predicted molar refractivity (Wildman–Crippen MR) is 408 cm³/mol. The van der Waals surface area contributed by atoms with Crippen LogP contribution in [0.15, 0.2) is 158 Å². The Morgan fingerprint density at radius 3 is 0.851 bits per heavy atom. The third-order valence-corrected chi connectivity index (χ3v) is 17.0. The van der Waals surface area contributed by atoms with Gasteiger partial charge in [0.05, 0.1) is 27.7 Å². The van der Waals surface area contributed by atoms with Crippen LogP contribution < -0.4 is 0 Å². The topological polar surface area (TPSA) is 108 Å². The first kappa shape index (κ1) is 89.6. The number of esters is 2. The molecule has 0 aromatic carbocycles. The number of hydrogen-bond donors (Lipinski definition) is 1. The summed E-state index contributed by atoms with van der Waals surface area (Å²) >= 11 is 0. The number of phosphoric acid groups is 1. The Morgan fingerprint density at radius 1 is 0.330 bits per heavy atom. The number of rotatable bonds is 69. The monoisotopic (exact) mass is 1330 g/mol. The molecule has 0 aliphatic carbocycles. The second-order valence-corrected chi connectivity index (χ2v) is 27.7. The number of nitrogens with zero attached hydrogens (tertiary/aromatic N) is 1. The van der Waals surface area contributed by atoms with E-state index in [2.05, 4.69) is 172 Å². The lowest BCUT2D eigenvalue weighted by Gasteiger charge is -2.24. The number of phosphoric ester groups is 1. The molecular weight excluding hydrogens is 1180 g/mol. The highest BCUT2D eigenvalue weighted by Gasteiger charge is 2.27. The summed E-state index contributed by atoms with van der Waals surface area (Å²) in [5.74, 6) is -0.798. The number of carbonyl (C=O) groups excluding carboxylic acids is 2. The van der Waals surface area contributed by atoms with E-state index in [1.165, 1.54) is 154 Å². The van der Waals surface area contributed by atoms with Gasteiger partial charge in [-0.05, 0) is 122 Å². The van der Waals surface area contributed by atoms with E-state index in [4.69, 9.17) is 18.5 Å². The zero-order chi connectivity index (χ0) is 68.3. The molecule has 0 fully saturated rings. The Hall–Kier alpha value is -4.37. The fraction of sp³-hybridized carbons (Fsp3) is 0.667. The Kier molecular flexibility index (Phi) is 69.5. The van der Waals surface area contributed by atoms with Crippen LogP contribution in [0.4, 0.5) is 0 Å². The quantitative estimate of drug-likeness (QED) is 0.0211. The number of quaternary nitrogens is 1. The van der Waals surface area contributed by atoms with Crippen LogP contribution in [0, 0.1) is 0 Å². The van der Waals surface area contributed by atoms with Gasteiger partial charge in [0.2, 0.25) is 0 Å². The summed E-state index contributed by atoms with van der Waals surface area (Å²) in [7, 11) is 1.47. The van der Waals surface area contributed by atoms with Crippen LogP contribution in [0.3, 0.4) is 0 Å². The molecule has 94 heavy (non-hydrogen) atoms. The lowest BCUT2D eigenvalue weighted by Crippen LogP contribution is -2.37. The van der Waals surface area contributed by atoms with Crippen molar-refractivity contribution < 1.29 is 42.1 Å². The van der Waals surface area contributed by atoms with Gasteiger partial charge in [0.15, 0.2) is 6.10 Å². The maximum absolute atomic E-state index is 12.9. The number of unbranched alkanes of at least 4 members (excludes halogenated alkanes) is 29. The standard InChI is InChI=1S/C84H142NO8P/c1-6-8-10-12-14-16-18-20-22-24-26-28-30-32-34-36-38-40-41-42-43-45-47-49-51-53-55-57-59-61-63-65-67-69-71-73-75-77-84(87)93-82(81-92-94(88,89)91-79-78-85(3,4)5)80-90-83(86)76-74-72-70-68-66-64-62-60-58-56-54-52-50-48-46-44-39-37-35-33-31-29-27-25-23-21-19-17-15-13-11-9-7-2/h8-11,14-17,20-23,26-29,32-35,38,40,42-43,47,49,82H,6-7,12-13,18-19,24-25,30-31,36-37,39,41,44-46,48,50-81H2,1-5H3/p+1/b10-8-,11-9-,16-14-,17-15-,22-20-,23-21-,28-26-,29-27-,34-32-,35-33-,40-38-,43-42-,49-47-. The number of carbonyl (C=O) groups is 2. The van der Waals surface area contributed by atoms with E-state index in [1.807, 2.05) is 21.1 Å². The fourth-order valence-electron chi connectivity index (χ4n) is 10.3. The van der Waals surface area contributed by atoms with Crippen molar-refractivity contribution in [3.63, 3.8) is 0 Å². The van der Waals surface area contributed by atoms with E-state index in [1.54, 1.807) is 0 Å². The molecule has 0 saturated heterocycles. The van der Waals surface area contributed by atoms with Crippen LogP contribution in [0.5, 0.6) is 0 Å². The summed E-state index contributed by atoms with van der Waals surface area (Å²) < 4.78 is 34.8. The first-order chi connectivity index (χ1) is 46.0. The summed E-state index contributed by atoms with van der Waals surface area (Å²) in [6.45, 7) is 4.22. The molecule has 0 rings (SSSR count). The van der Waals surface area contributed by atoms with Crippen LogP contribution in [0.1, 0.15) is 309 Å². The molecule has 2 atom stereocenters. The SMILES string of the molecule is CC/C=C\C/C=C\C/C=C\C/C=C\C/C=C\C/C=C\C/C=C\C/C=C\CCCCCCCCCCCCCCC(=O)OC(COC(=O)CCCCCCCCCCCCCCCCCCC/C=C\C/C=C\C/C=C\C/C=C\C/C=C\CC)COP(=O)(O)OCC[N+](C)(C)C. The van der Waals surface area contributed by atoms with Crippen LogP contribution >= 0.6 is 7.82 Å². The van der Waals surface area contributed by atoms with Crippen molar-refractivity contribution in [1.29, 1.82) is 0 Å². The van der Waals surface area contributed by atoms with Crippen LogP contribution in [0.2, 0.25) is 0 Å². The fourth-order valence-corrected chi connectivity index (χ4v) is 11.0. The molecule has 10 heteroatoms. The van der Waals surface area contributed by atoms with Crippen molar-refractivity contribution in [2.24, 2.45) is 0 Å². The third kappa shape index (κ3) is 76.6. The van der Waals surface area contributed by atoms with E-state index in [-0.39, 0.29) is 32.0 Å². The van der Waals surface area contributed by atoms with Gasteiger partial charge in [-0.3, -0.25) is 18.6 Å². The highest BCUT2D eigenvalue weighted by molar-refractivity contribution is 7.47. The Morgan fingerprint density at radius 2 is 0.574 bits per heavy atom. The highest BCUT2D eigenvalue weighted by atomic mass is 31.2. The molecule has 1 N–H and O–H groups in total. The van der Waals surface area contributed by atoms with Gasteiger partial charge in [-0.15, -0.1) is 0 Å². The summed E-state index contributed by atoms with van der Waals surface area (Å²) in [6.07, 6.45) is 109. The largest absolute Gasteiger partial charge is 0.472 e. The second kappa shape index (κ2) is 72.9. The van der Waals surface area contributed by atoms with Gasteiger partial charge < -0.3 is 18.9 Å². The number of ether oxygens (including phenoxy) is 2. The highest BCUT2D eigenvalue weighted by Crippen LogP contribution is 2.43. The number of likely N-dealkylation sites (N-methyl/N-ethyl adjacent to an activating group) is 1. The number of allylic oxidation sites excluding steroid dienone is 26. The van der Waals surface area contributed by atoms with Gasteiger partial charge in [0.25, 0.3) is 0 Å². The molecule has 0 spiro atoms. The van der Waals surface area contributed by atoms with Crippen molar-refractivity contribution in [2.75, 3.05) is 47.5 Å². The summed E-state index contributed by atoms with van der Waals surface area (Å²) in [6, 6.07) is 0. The molecular formula is C84H143NO8P+.